The molecule has 0 aliphatic heterocycles. The van der Waals surface area contributed by atoms with Gasteiger partial charge in [0.05, 0.1) is 6.33 Å². The summed E-state index contributed by atoms with van der Waals surface area (Å²) in [5.41, 5.74) is 2.49. The van der Waals surface area contributed by atoms with Gasteiger partial charge in [-0.15, -0.1) is 0 Å². The molecule has 0 amide bonds. The Bertz CT molecular complexity index is 471. The van der Waals surface area contributed by atoms with Crippen LogP contribution in [0.25, 0.3) is 5.69 Å². The number of hydrogen-bond acceptors (Lipinski definition) is 2. The van der Waals surface area contributed by atoms with E-state index in [1.807, 2.05) is 17.1 Å². The van der Waals surface area contributed by atoms with E-state index in [0.717, 1.165) is 24.7 Å². The van der Waals surface area contributed by atoms with E-state index >= 15 is 0 Å². The van der Waals surface area contributed by atoms with Crippen molar-refractivity contribution in [1.82, 2.24) is 14.9 Å². The van der Waals surface area contributed by atoms with Crippen molar-refractivity contribution in [2.24, 2.45) is 5.92 Å². The van der Waals surface area contributed by atoms with E-state index in [0.29, 0.717) is 0 Å². The minimum absolute atomic E-state index is 0.825. The molecule has 1 N–H and O–H groups in total. The average Bonchev–Trinajstić information content (AvgIpc) is 2.97. The largest absolute Gasteiger partial charge is 0.313 e. The SMILES string of the molecule is CC(C)CCCCNCc1ccc(-n2ccnc2)cc1. The monoisotopic (exact) mass is 271 g/mol. The Morgan fingerprint density at radius 1 is 1.15 bits per heavy atom. The molecule has 2 aromatic rings. The molecule has 3 heteroatoms. The summed E-state index contributed by atoms with van der Waals surface area (Å²) < 4.78 is 2.02. The number of aromatic nitrogens is 2. The normalized spacial score (nSPS) is 11.2. The molecule has 1 heterocycles. The van der Waals surface area contributed by atoms with Crippen molar-refractivity contribution in [3.63, 3.8) is 0 Å². The van der Waals surface area contributed by atoms with Crippen molar-refractivity contribution < 1.29 is 0 Å². The number of nitrogens with zero attached hydrogens (tertiary/aromatic N) is 2. The molecule has 2 rings (SSSR count). The first kappa shape index (κ1) is 14.8. The fourth-order valence-corrected chi connectivity index (χ4v) is 2.23. The molecule has 1 aromatic carbocycles. The quantitative estimate of drug-likeness (QED) is 0.740. The molecule has 0 aliphatic rings. The Labute approximate surface area is 122 Å². The molecular formula is C17H25N3. The Kier molecular flexibility index (Phi) is 5.81. The van der Waals surface area contributed by atoms with Gasteiger partial charge in [0.2, 0.25) is 0 Å². The van der Waals surface area contributed by atoms with Crippen molar-refractivity contribution in [1.29, 1.82) is 0 Å². The lowest BCUT2D eigenvalue weighted by molar-refractivity contribution is 0.520. The fraction of sp³-hybridized carbons (Fsp3) is 0.471. The first-order chi connectivity index (χ1) is 9.75. The molecule has 0 fully saturated rings. The van der Waals surface area contributed by atoms with Gasteiger partial charge in [-0.25, -0.2) is 4.98 Å². The van der Waals surface area contributed by atoms with Crippen LogP contribution >= 0.6 is 0 Å². The summed E-state index contributed by atoms with van der Waals surface area (Å²) in [6.07, 6.45) is 9.51. The second kappa shape index (κ2) is 7.85. The van der Waals surface area contributed by atoms with Crippen LogP contribution < -0.4 is 5.32 Å². The maximum Gasteiger partial charge on any atom is 0.0991 e. The van der Waals surface area contributed by atoms with Gasteiger partial charge >= 0.3 is 0 Å². The zero-order chi connectivity index (χ0) is 14.2. The van der Waals surface area contributed by atoms with Crippen LogP contribution in [0, 0.1) is 5.92 Å². The molecule has 20 heavy (non-hydrogen) atoms. The highest BCUT2D eigenvalue weighted by Gasteiger charge is 1.97. The van der Waals surface area contributed by atoms with Crippen molar-refractivity contribution in [2.75, 3.05) is 6.54 Å². The van der Waals surface area contributed by atoms with Crippen molar-refractivity contribution in [3.8, 4) is 5.69 Å². The maximum absolute atomic E-state index is 4.06. The summed E-state index contributed by atoms with van der Waals surface area (Å²) >= 11 is 0. The van der Waals surface area contributed by atoms with E-state index in [2.05, 4.69) is 48.4 Å². The first-order valence-corrected chi connectivity index (χ1v) is 7.53. The summed E-state index contributed by atoms with van der Waals surface area (Å²) in [7, 11) is 0. The Balaban J connectivity index is 1.69. The number of imidazole rings is 1. The van der Waals surface area contributed by atoms with Gasteiger partial charge < -0.3 is 9.88 Å². The standard InChI is InChI=1S/C17H25N3/c1-15(2)5-3-4-10-18-13-16-6-8-17(9-7-16)20-12-11-19-14-20/h6-9,11-12,14-15,18H,3-5,10,13H2,1-2H3. The van der Waals surface area contributed by atoms with Gasteiger partial charge in [0.1, 0.15) is 0 Å². The Hall–Kier alpha value is -1.61. The third-order valence-corrected chi connectivity index (χ3v) is 3.45. The van der Waals surface area contributed by atoms with E-state index in [1.54, 1.807) is 6.20 Å². The highest BCUT2D eigenvalue weighted by atomic mass is 15.0. The summed E-state index contributed by atoms with van der Waals surface area (Å²) in [5, 5.41) is 3.51. The van der Waals surface area contributed by atoms with Gasteiger partial charge in [-0.1, -0.05) is 38.8 Å². The molecule has 0 bridgehead atoms. The number of unbranched alkanes of at least 4 members (excludes halogenated alkanes) is 1. The van der Waals surface area contributed by atoms with E-state index in [1.165, 1.54) is 24.8 Å². The number of nitrogens with one attached hydrogen (secondary N) is 1. The van der Waals surface area contributed by atoms with Gasteiger partial charge in [0, 0.05) is 24.6 Å². The van der Waals surface area contributed by atoms with E-state index in [9.17, 15) is 0 Å². The lowest BCUT2D eigenvalue weighted by Crippen LogP contribution is -2.14. The molecule has 1 aromatic heterocycles. The van der Waals surface area contributed by atoms with Gasteiger partial charge in [-0.3, -0.25) is 0 Å². The second-order valence-electron chi connectivity index (χ2n) is 5.70. The van der Waals surface area contributed by atoms with E-state index in [4.69, 9.17) is 0 Å². The molecule has 0 saturated carbocycles. The van der Waals surface area contributed by atoms with Gasteiger partial charge in [0.25, 0.3) is 0 Å². The van der Waals surface area contributed by atoms with Gasteiger partial charge in [-0.05, 0) is 36.6 Å². The van der Waals surface area contributed by atoms with E-state index < -0.39 is 0 Å². The maximum atomic E-state index is 4.06. The first-order valence-electron chi connectivity index (χ1n) is 7.53. The summed E-state index contributed by atoms with van der Waals surface area (Å²) in [5.74, 6) is 0.825. The number of benzene rings is 1. The average molecular weight is 271 g/mol. The molecule has 0 spiro atoms. The summed E-state index contributed by atoms with van der Waals surface area (Å²) in [6, 6.07) is 8.63. The van der Waals surface area contributed by atoms with Crippen LogP contribution in [0.15, 0.2) is 43.0 Å². The second-order valence-corrected chi connectivity index (χ2v) is 5.70. The Morgan fingerprint density at radius 2 is 1.95 bits per heavy atom. The van der Waals surface area contributed by atoms with Gasteiger partial charge in [0.15, 0.2) is 0 Å². The van der Waals surface area contributed by atoms with Crippen LogP contribution in [-0.4, -0.2) is 16.1 Å². The zero-order valence-electron chi connectivity index (χ0n) is 12.5. The zero-order valence-corrected chi connectivity index (χ0v) is 12.5. The minimum atomic E-state index is 0.825. The molecule has 0 aliphatic carbocycles. The van der Waals surface area contributed by atoms with Crippen molar-refractivity contribution in [3.05, 3.63) is 48.5 Å². The molecule has 0 saturated heterocycles. The van der Waals surface area contributed by atoms with Crippen LogP contribution in [0.4, 0.5) is 0 Å². The Morgan fingerprint density at radius 3 is 2.60 bits per heavy atom. The molecule has 3 nitrogen and oxygen atoms in total. The van der Waals surface area contributed by atoms with Gasteiger partial charge in [-0.2, -0.15) is 0 Å². The smallest absolute Gasteiger partial charge is 0.0991 e. The van der Waals surface area contributed by atoms with Crippen LogP contribution in [0.3, 0.4) is 0 Å². The third kappa shape index (κ3) is 4.82. The molecule has 0 radical (unpaired) electrons. The van der Waals surface area contributed by atoms with Crippen molar-refractivity contribution in [2.45, 2.75) is 39.7 Å². The summed E-state index contributed by atoms with van der Waals surface area (Å²) in [6.45, 7) is 6.63. The topological polar surface area (TPSA) is 29.9 Å². The van der Waals surface area contributed by atoms with Crippen LogP contribution in [0.1, 0.15) is 38.7 Å². The lowest BCUT2D eigenvalue weighted by atomic mass is 10.1. The molecule has 0 atom stereocenters. The fourth-order valence-electron chi connectivity index (χ4n) is 2.23. The minimum Gasteiger partial charge on any atom is -0.313 e. The molecule has 0 unspecified atom stereocenters. The number of rotatable bonds is 8. The third-order valence-electron chi connectivity index (χ3n) is 3.45. The predicted octanol–water partition coefficient (Wildman–Crippen LogP) is 3.79. The molecule has 108 valence electrons. The predicted molar refractivity (Wildman–Crippen MR) is 84.0 cm³/mol. The van der Waals surface area contributed by atoms with Crippen LogP contribution in [-0.2, 0) is 6.54 Å². The molecular weight excluding hydrogens is 246 g/mol. The highest BCUT2D eigenvalue weighted by molar-refractivity contribution is 5.34. The van der Waals surface area contributed by atoms with Crippen molar-refractivity contribution >= 4 is 0 Å². The van der Waals surface area contributed by atoms with Crippen LogP contribution in [0.2, 0.25) is 0 Å². The number of hydrogen-bond donors (Lipinski definition) is 1. The van der Waals surface area contributed by atoms with E-state index in [-0.39, 0.29) is 0 Å². The van der Waals surface area contributed by atoms with Crippen LogP contribution in [0.5, 0.6) is 0 Å². The summed E-state index contributed by atoms with van der Waals surface area (Å²) in [4.78, 5) is 4.06. The highest BCUT2D eigenvalue weighted by Crippen LogP contribution is 2.09. The lowest BCUT2D eigenvalue weighted by Gasteiger charge is -2.07.